The predicted molar refractivity (Wildman–Crippen MR) is 63.8 cm³/mol. The summed E-state index contributed by atoms with van der Waals surface area (Å²) in [7, 11) is 0. The highest BCUT2D eigenvalue weighted by Crippen LogP contribution is 2.33. The van der Waals surface area contributed by atoms with E-state index in [9.17, 15) is 0 Å². The molecule has 3 N–H and O–H groups in total. The number of nitrogens with zero attached hydrogens (tertiary/aromatic N) is 2. The van der Waals surface area contributed by atoms with Gasteiger partial charge in [-0.2, -0.15) is 5.26 Å². The van der Waals surface area contributed by atoms with Crippen molar-refractivity contribution in [2.45, 2.75) is 25.7 Å². The molecule has 0 amide bonds. The number of hydrogen-bond acceptors (Lipinski definition) is 4. The van der Waals surface area contributed by atoms with Gasteiger partial charge in [-0.1, -0.05) is 12.8 Å². The van der Waals surface area contributed by atoms with Crippen molar-refractivity contribution >= 4 is 11.5 Å². The highest BCUT2D eigenvalue weighted by Gasteiger charge is 2.19. The van der Waals surface area contributed by atoms with Gasteiger partial charge in [-0.05, 0) is 24.8 Å². The Bertz CT molecular complexity index is 404. The molecule has 0 spiro atoms. The molecule has 1 aromatic heterocycles. The van der Waals surface area contributed by atoms with Crippen LogP contribution < -0.4 is 11.1 Å². The minimum atomic E-state index is 0.520. The summed E-state index contributed by atoms with van der Waals surface area (Å²) in [4.78, 5) is 4.12. The fourth-order valence-corrected chi connectivity index (χ4v) is 1.71. The average molecular weight is 216 g/mol. The Kier molecular flexibility index (Phi) is 3.25. The number of nitrogens with two attached hydrogens (primary N) is 1. The fraction of sp³-hybridized carbons (Fsp3) is 0.500. The molecule has 0 radical (unpaired) electrons. The lowest BCUT2D eigenvalue weighted by Gasteiger charge is -2.07. The summed E-state index contributed by atoms with van der Waals surface area (Å²) in [6.45, 7) is 0.877. The average Bonchev–Trinajstić information content (AvgIpc) is 3.09. The molecule has 0 aromatic carbocycles. The molecule has 84 valence electrons. The number of nitrogen functional groups attached to an aromatic ring is 1. The van der Waals surface area contributed by atoms with Crippen LogP contribution in [0.1, 0.15) is 31.2 Å². The van der Waals surface area contributed by atoms with Gasteiger partial charge in [0.1, 0.15) is 11.9 Å². The van der Waals surface area contributed by atoms with E-state index in [0.29, 0.717) is 17.1 Å². The Morgan fingerprint density at radius 3 is 3.06 bits per heavy atom. The number of rotatable bonds is 5. The monoisotopic (exact) mass is 216 g/mol. The maximum atomic E-state index is 8.91. The van der Waals surface area contributed by atoms with Gasteiger partial charge in [0, 0.05) is 6.54 Å². The van der Waals surface area contributed by atoms with Gasteiger partial charge >= 0.3 is 0 Å². The zero-order valence-corrected chi connectivity index (χ0v) is 9.24. The standard InChI is InChI=1S/C12H16N4/c13-7-10-6-11(14)8-16-12(10)15-5-1-2-9-3-4-9/h6,8-9H,1-5,14H2,(H,15,16). The van der Waals surface area contributed by atoms with Crippen molar-refractivity contribution in [2.75, 3.05) is 17.6 Å². The SMILES string of the molecule is N#Cc1cc(N)cnc1NCCCC1CC1. The Morgan fingerprint density at radius 1 is 1.56 bits per heavy atom. The number of pyridine rings is 1. The van der Waals surface area contributed by atoms with Crippen molar-refractivity contribution in [3.8, 4) is 6.07 Å². The Hall–Kier alpha value is -1.76. The summed E-state index contributed by atoms with van der Waals surface area (Å²) in [5.74, 6) is 1.60. The Balaban J connectivity index is 1.85. The van der Waals surface area contributed by atoms with Gasteiger partial charge in [0.05, 0.1) is 17.4 Å². The second-order valence-corrected chi connectivity index (χ2v) is 4.29. The van der Waals surface area contributed by atoms with Crippen LogP contribution in [0.15, 0.2) is 12.3 Å². The summed E-state index contributed by atoms with van der Waals surface area (Å²) < 4.78 is 0. The van der Waals surface area contributed by atoms with E-state index >= 15 is 0 Å². The molecule has 0 unspecified atom stereocenters. The third-order valence-corrected chi connectivity index (χ3v) is 2.81. The van der Waals surface area contributed by atoms with Crippen LogP contribution >= 0.6 is 0 Å². The first-order valence-electron chi connectivity index (χ1n) is 5.69. The van der Waals surface area contributed by atoms with Crippen LogP contribution in [0, 0.1) is 17.2 Å². The van der Waals surface area contributed by atoms with E-state index in [1.807, 2.05) is 0 Å². The molecule has 0 aliphatic heterocycles. The van der Waals surface area contributed by atoms with Crippen LogP contribution in [-0.4, -0.2) is 11.5 Å². The first kappa shape index (κ1) is 10.7. The molecule has 1 aliphatic carbocycles. The Labute approximate surface area is 95.5 Å². The number of anilines is 2. The summed E-state index contributed by atoms with van der Waals surface area (Å²) in [5.41, 5.74) is 6.61. The molecular weight excluding hydrogens is 200 g/mol. The van der Waals surface area contributed by atoms with Gasteiger partial charge < -0.3 is 11.1 Å². The molecular formula is C12H16N4. The minimum Gasteiger partial charge on any atom is -0.397 e. The lowest BCUT2D eigenvalue weighted by Crippen LogP contribution is -2.06. The second-order valence-electron chi connectivity index (χ2n) is 4.29. The topological polar surface area (TPSA) is 74.7 Å². The van der Waals surface area contributed by atoms with Crippen LogP contribution in [0.2, 0.25) is 0 Å². The molecule has 1 fully saturated rings. The van der Waals surface area contributed by atoms with E-state index in [-0.39, 0.29) is 0 Å². The van der Waals surface area contributed by atoms with E-state index in [1.54, 1.807) is 12.3 Å². The van der Waals surface area contributed by atoms with Crippen LogP contribution in [0.3, 0.4) is 0 Å². The van der Waals surface area contributed by atoms with Crippen LogP contribution in [0.5, 0.6) is 0 Å². The predicted octanol–water partition coefficient (Wildman–Crippen LogP) is 2.14. The molecule has 1 aromatic rings. The second kappa shape index (κ2) is 4.84. The quantitative estimate of drug-likeness (QED) is 0.739. The van der Waals surface area contributed by atoms with Gasteiger partial charge in [-0.15, -0.1) is 0 Å². The number of aromatic nitrogens is 1. The molecule has 4 heteroatoms. The highest BCUT2D eigenvalue weighted by atomic mass is 15.0. The van der Waals surface area contributed by atoms with E-state index in [1.165, 1.54) is 19.3 Å². The van der Waals surface area contributed by atoms with Crippen molar-refractivity contribution in [1.29, 1.82) is 5.26 Å². The molecule has 1 heterocycles. The summed E-state index contributed by atoms with van der Waals surface area (Å²) in [6.07, 6.45) is 6.78. The van der Waals surface area contributed by atoms with Crippen molar-refractivity contribution < 1.29 is 0 Å². The molecule has 0 bridgehead atoms. The van der Waals surface area contributed by atoms with E-state index in [4.69, 9.17) is 11.0 Å². The van der Waals surface area contributed by atoms with E-state index in [0.717, 1.165) is 18.9 Å². The van der Waals surface area contributed by atoms with Crippen LogP contribution in [0.4, 0.5) is 11.5 Å². The normalized spacial score (nSPS) is 14.4. The first-order valence-corrected chi connectivity index (χ1v) is 5.69. The third-order valence-electron chi connectivity index (χ3n) is 2.81. The minimum absolute atomic E-state index is 0.520. The maximum absolute atomic E-state index is 8.91. The third kappa shape index (κ3) is 2.86. The van der Waals surface area contributed by atoms with Gasteiger partial charge in [0.25, 0.3) is 0 Å². The molecule has 4 nitrogen and oxygen atoms in total. The van der Waals surface area contributed by atoms with Crippen molar-refractivity contribution in [3.63, 3.8) is 0 Å². The molecule has 16 heavy (non-hydrogen) atoms. The molecule has 2 rings (SSSR count). The smallest absolute Gasteiger partial charge is 0.144 e. The highest BCUT2D eigenvalue weighted by molar-refractivity contribution is 5.57. The number of nitriles is 1. The summed E-state index contributed by atoms with van der Waals surface area (Å²) in [5, 5.41) is 12.1. The van der Waals surface area contributed by atoms with Gasteiger partial charge in [0.2, 0.25) is 0 Å². The molecule has 0 atom stereocenters. The molecule has 1 aliphatic rings. The van der Waals surface area contributed by atoms with Crippen molar-refractivity contribution in [2.24, 2.45) is 5.92 Å². The van der Waals surface area contributed by atoms with Crippen molar-refractivity contribution in [1.82, 2.24) is 4.98 Å². The van der Waals surface area contributed by atoms with Gasteiger partial charge in [-0.25, -0.2) is 4.98 Å². The molecule has 1 saturated carbocycles. The first-order chi connectivity index (χ1) is 7.79. The van der Waals surface area contributed by atoms with Gasteiger partial charge in [0.15, 0.2) is 0 Å². The lowest BCUT2D eigenvalue weighted by atomic mass is 10.2. The van der Waals surface area contributed by atoms with Crippen LogP contribution in [0.25, 0.3) is 0 Å². The fourth-order valence-electron chi connectivity index (χ4n) is 1.71. The number of hydrogen-bond donors (Lipinski definition) is 2. The Morgan fingerprint density at radius 2 is 2.38 bits per heavy atom. The van der Waals surface area contributed by atoms with Crippen LogP contribution in [-0.2, 0) is 0 Å². The van der Waals surface area contributed by atoms with Crippen molar-refractivity contribution in [3.05, 3.63) is 17.8 Å². The van der Waals surface area contributed by atoms with Gasteiger partial charge in [-0.3, -0.25) is 0 Å². The zero-order valence-electron chi connectivity index (χ0n) is 9.24. The molecule has 0 saturated heterocycles. The van der Waals surface area contributed by atoms with E-state index < -0.39 is 0 Å². The summed E-state index contributed by atoms with van der Waals surface area (Å²) >= 11 is 0. The lowest BCUT2D eigenvalue weighted by molar-refractivity contribution is 0.686. The zero-order chi connectivity index (χ0) is 11.4. The largest absolute Gasteiger partial charge is 0.397 e. The summed E-state index contributed by atoms with van der Waals surface area (Å²) in [6, 6.07) is 3.74. The van der Waals surface area contributed by atoms with E-state index in [2.05, 4.69) is 16.4 Å². The maximum Gasteiger partial charge on any atom is 0.144 e. The number of nitrogens with one attached hydrogen (secondary N) is 1.